The van der Waals surface area contributed by atoms with Gasteiger partial charge in [-0.1, -0.05) is 67.1 Å². The van der Waals surface area contributed by atoms with Crippen molar-refractivity contribution in [2.75, 3.05) is 6.61 Å². The number of hydrogen-bond donors (Lipinski definition) is 3. The Balaban J connectivity index is 1.27. The van der Waals surface area contributed by atoms with Crippen LogP contribution >= 0.6 is 0 Å². The van der Waals surface area contributed by atoms with Crippen LogP contribution in [0.25, 0.3) is 11.1 Å². The molecule has 0 saturated heterocycles. The minimum Gasteiger partial charge on any atom is -0.480 e. The molecule has 1 aliphatic rings. The molecule has 3 N–H and O–H groups in total. The second kappa shape index (κ2) is 10.8. The first-order chi connectivity index (χ1) is 17.0. The molecule has 0 fully saturated rings. The van der Waals surface area contributed by atoms with Crippen LogP contribution < -0.4 is 10.6 Å². The van der Waals surface area contributed by atoms with Gasteiger partial charge in [-0.2, -0.15) is 0 Å². The van der Waals surface area contributed by atoms with Gasteiger partial charge < -0.3 is 20.5 Å². The first-order valence-corrected chi connectivity index (χ1v) is 11.5. The number of aromatic nitrogens is 3. The zero-order valence-corrected chi connectivity index (χ0v) is 19.3. The fraction of sp³-hybridized carbons (Fsp3) is 0.320. The maximum atomic E-state index is 12.3. The lowest BCUT2D eigenvalue weighted by molar-refractivity contribution is -0.142. The number of carbonyl (C=O) groups is 3. The average molecular weight is 478 g/mol. The van der Waals surface area contributed by atoms with E-state index < -0.39 is 24.0 Å². The normalized spacial score (nSPS) is 12.9. The molecule has 0 radical (unpaired) electrons. The van der Waals surface area contributed by atoms with Gasteiger partial charge in [0.05, 0.1) is 12.7 Å². The minimum absolute atomic E-state index is 0.0325. The summed E-state index contributed by atoms with van der Waals surface area (Å²) < 4.78 is 6.78. The molecule has 1 aliphatic carbocycles. The summed E-state index contributed by atoms with van der Waals surface area (Å²) in [5, 5.41) is 22.1. The first-order valence-electron chi connectivity index (χ1n) is 11.5. The molecule has 182 valence electrons. The summed E-state index contributed by atoms with van der Waals surface area (Å²) in [6.45, 7) is 1.95. The summed E-state index contributed by atoms with van der Waals surface area (Å²) in [6.07, 6.45) is 1.90. The molecule has 2 amide bonds. The van der Waals surface area contributed by atoms with Gasteiger partial charge in [0.25, 0.3) is 0 Å². The van der Waals surface area contributed by atoms with Gasteiger partial charge in [-0.05, 0) is 28.7 Å². The van der Waals surface area contributed by atoms with Crippen LogP contribution in [-0.2, 0) is 27.4 Å². The maximum Gasteiger partial charge on any atom is 0.407 e. The van der Waals surface area contributed by atoms with E-state index in [1.54, 1.807) is 0 Å². The van der Waals surface area contributed by atoms with Gasteiger partial charge in [-0.3, -0.25) is 4.79 Å². The summed E-state index contributed by atoms with van der Waals surface area (Å²) in [5.41, 5.74) is 5.01. The van der Waals surface area contributed by atoms with Crippen LogP contribution in [0.15, 0.2) is 54.7 Å². The standard InChI is InChI=1S/C25H27N5O5/c1-2-7-22(24(32)33)27-23(31)14-30-13-16(28-29-30)12-26-25(34)35-15-21-19-10-5-3-8-17(19)18-9-4-6-11-20(18)21/h3-6,8-11,13,21-22H,2,7,12,14-15H2,1H3,(H,26,34)(H,27,31)(H,32,33)/t22-/m0/s1. The lowest BCUT2D eigenvalue weighted by atomic mass is 9.98. The van der Waals surface area contributed by atoms with Crippen molar-refractivity contribution in [3.63, 3.8) is 0 Å². The lowest BCUT2D eigenvalue weighted by Crippen LogP contribution is -2.42. The number of fused-ring (bicyclic) bond motifs is 3. The van der Waals surface area contributed by atoms with Gasteiger partial charge in [0.1, 0.15) is 24.9 Å². The van der Waals surface area contributed by atoms with Gasteiger partial charge in [0.2, 0.25) is 5.91 Å². The predicted octanol–water partition coefficient (Wildman–Crippen LogP) is 2.69. The predicted molar refractivity (Wildman–Crippen MR) is 126 cm³/mol. The van der Waals surface area contributed by atoms with E-state index in [2.05, 4.69) is 45.2 Å². The summed E-state index contributed by atoms with van der Waals surface area (Å²) in [6, 6.07) is 15.3. The summed E-state index contributed by atoms with van der Waals surface area (Å²) >= 11 is 0. The topological polar surface area (TPSA) is 135 Å². The van der Waals surface area contributed by atoms with E-state index >= 15 is 0 Å². The van der Waals surface area contributed by atoms with Crippen LogP contribution in [0.1, 0.15) is 42.5 Å². The Morgan fingerprint density at radius 3 is 2.37 bits per heavy atom. The number of alkyl carbamates (subject to hydrolysis) is 1. The smallest absolute Gasteiger partial charge is 0.407 e. The van der Waals surface area contributed by atoms with Crippen molar-refractivity contribution in [2.24, 2.45) is 0 Å². The fourth-order valence-corrected chi connectivity index (χ4v) is 4.24. The SMILES string of the molecule is CCC[C@H](NC(=O)Cn1cc(CNC(=O)OCC2c3ccccc3-c3ccccc32)nn1)C(=O)O. The number of carboxylic acid groups (broad SMARTS) is 1. The molecule has 4 rings (SSSR count). The Bertz CT molecular complexity index is 1180. The van der Waals surface area contributed by atoms with E-state index in [1.807, 2.05) is 31.2 Å². The highest BCUT2D eigenvalue weighted by molar-refractivity contribution is 5.83. The van der Waals surface area contributed by atoms with Crippen LogP contribution in [0.4, 0.5) is 4.79 Å². The van der Waals surface area contributed by atoms with Crippen molar-refractivity contribution < 1.29 is 24.2 Å². The number of carboxylic acids is 1. The maximum absolute atomic E-state index is 12.3. The van der Waals surface area contributed by atoms with Crippen LogP contribution in [-0.4, -0.2) is 50.7 Å². The molecule has 0 unspecified atom stereocenters. The molecule has 0 spiro atoms. The molecule has 3 aromatic rings. The third-order valence-electron chi connectivity index (χ3n) is 5.86. The molecule has 2 aromatic carbocycles. The van der Waals surface area contributed by atoms with Crippen LogP contribution in [0, 0.1) is 0 Å². The number of benzene rings is 2. The number of amides is 2. The molecule has 1 aromatic heterocycles. The molecule has 0 saturated carbocycles. The van der Waals surface area contributed by atoms with E-state index in [0.717, 1.165) is 22.3 Å². The zero-order chi connectivity index (χ0) is 24.8. The Morgan fingerprint density at radius 2 is 1.74 bits per heavy atom. The zero-order valence-electron chi connectivity index (χ0n) is 19.3. The fourth-order valence-electron chi connectivity index (χ4n) is 4.24. The first kappa shape index (κ1) is 23.9. The number of nitrogens with one attached hydrogen (secondary N) is 2. The largest absolute Gasteiger partial charge is 0.480 e. The van der Waals surface area contributed by atoms with Crippen LogP contribution in [0.2, 0.25) is 0 Å². The number of aliphatic carboxylic acids is 1. The van der Waals surface area contributed by atoms with E-state index in [0.29, 0.717) is 18.5 Å². The third-order valence-corrected chi connectivity index (χ3v) is 5.86. The molecular weight excluding hydrogens is 450 g/mol. The second-order valence-corrected chi connectivity index (χ2v) is 8.33. The van der Waals surface area contributed by atoms with Crippen LogP contribution in [0.5, 0.6) is 0 Å². The van der Waals surface area contributed by atoms with Gasteiger partial charge in [-0.15, -0.1) is 5.10 Å². The number of carbonyl (C=O) groups excluding carboxylic acids is 2. The van der Waals surface area contributed by atoms with Crippen molar-refractivity contribution in [3.05, 3.63) is 71.5 Å². The Kier molecular flexibility index (Phi) is 7.39. The highest BCUT2D eigenvalue weighted by atomic mass is 16.5. The van der Waals surface area contributed by atoms with Gasteiger partial charge in [-0.25, -0.2) is 14.3 Å². The van der Waals surface area contributed by atoms with Gasteiger partial charge in [0, 0.05) is 5.92 Å². The van der Waals surface area contributed by atoms with Crippen molar-refractivity contribution in [3.8, 4) is 11.1 Å². The van der Waals surface area contributed by atoms with Crippen molar-refractivity contribution >= 4 is 18.0 Å². The Hall–Kier alpha value is -4.21. The third kappa shape index (κ3) is 5.65. The molecule has 1 atom stereocenters. The average Bonchev–Trinajstić information content (AvgIpc) is 3.43. The quantitative estimate of drug-likeness (QED) is 0.408. The van der Waals surface area contributed by atoms with Crippen molar-refractivity contribution in [1.82, 2.24) is 25.6 Å². The molecular formula is C25H27N5O5. The summed E-state index contributed by atoms with van der Waals surface area (Å²) in [7, 11) is 0. The van der Waals surface area contributed by atoms with E-state index in [1.165, 1.54) is 10.9 Å². The van der Waals surface area contributed by atoms with Gasteiger partial charge in [0.15, 0.2) is 0 Å². The summed E-state index contributed by atoms with van der Waals surface area (Å²) in [5.74, 6) is -1.59. The summed E-state index contributed by atoms with van der Waals surface area (Å²) in [4.78, 5) is 35.6. The number of rotatable bonds is 10. The number of hydrogen-bond acceptors (Lipinski definition) is 6. The van der Waals surface area contributed by atoms with Gasteiger partial charge >= 0.3 is 12.1 Å². The van der Waals surface area contributed by atoms with Crippen molar-refractivity contribution in [1.29, 1.82) is 0 Å². The minimum atomic E-state index is -1.08. The second-order valence-electron chi connectivity index (χ2n) is 8.33. The highest BCUT2D eigenvalue weighted by Crippen LogP contribution is 2.44. The number of ether oxygens (including phenoxy) is 1. The van der Waals surface area contributed by atoms with E-state index in [4.69, 9.17) is 9.84 Å². The molecule has 0 bridgehead atoms. The molecule has 1 heterocycles. The highest BCUT2D eigenvalue weighted by Gasteiger charge is 2.29. The van der Waals surface area contributed by atoms with E-state index in [-0.39, 0.29) is 25.6 Å². The molecule has 10 heteroatoms. The molecule has 10 nitrogen and oxygen atoms in total. The Morgan fingerprint density at radius 1 is 1.09 bits per heavy atom. The molecule has 0 aliphatic heterocycles. The van der Waals surface area contributed by atoms with Crippen molar-refractivity contribution in [2.45, 2.75) is 44.8 Å². The lowest BCUT2D eigenvalue weighted by Gasteiger charge is -2.14. The Labute approximate surface area is 202 Å². The van der Waals surface area contributed by atoms with Crippen LogP contribution in [0.3, 0.4) is 0 Å². The van der Waals surface area contributed by atoms with E-state index in [9.17, 15) is 14.4 Å². The molecule has 35 heavy (non-hydrogen) atoms. The monoisotopic (exact) mass is 477 g/mol. The number of nitrogens with zero attached hydrogens (tertiary/aromatic N) is 3.